The molecule has 2 aliphatic heterocycles. The molecule has 2 aromatic rings. The molecule has 0 radical (unpaired) electrons. The maximum absolute atomic E-state index is 12.9. The van der Waals surface area contributed by atoms with Crippen molar-refractivity contribution in [1.29, 1.82) is 0 Å². The summed E-state index contributed by atoms with van der Waals surface area (Å²) in [5, 5.41) is 2.83. The van der Waals surface area contributed by atoms with Crippen LogP contribution in [0.4, 0.5) is 14.9 Å². The lowest BCUT2D eigenvalue weighted by Gasteiger charge is -2.47. The third kappa shape index (κ3) is 4.48. The van der Waals surface area contributed by atoms with E-state index in [2.05, 4.69) is 40.5 Å². The van der Waals surface area contributed by atoms with Crippen LogP contribution in [0.5, 0.6) is 0 Å². The van der Waals surface area contributed by atoms with Crippen LogP contribution in [0.15, 0.2) is 54.6 Å². The molecule has 0 aromatic heterocycles. The van der Waals surface area contributed by atoms with Crippen molar-refractivity contribution in [2.24, 2.45) is 5.92 Å². The molecule has 2 amide bonds. The molecule has 5 heteroatoms. The molecule has 0 unspecified atom stereocenters. The summed E-state index contributed by atoms with van der Waals surface area (Å²) in [6, 6.07) is 17.0. The summed E-state index contributed by atoms with van der Waals surface area (Å²) in [7, 11) is 0. The Morgan fingerprint density at radius 1 is 1.00 bits per heavy atom. The predicted octanol–water partition coefficient (Wildman–Crippen LogP) is 4.00. The highest BCUT2D eigenvalue weighted by molar-refractivity contribution is 5.89. The van der Waals surface area contributed by atoms with Gasteiger partial charge in [0.05, 0.1) is 0 Å². The minimum absolute atomic E-state index is 0.100. The van der Waals surface area contributed by atoms with Crippen molar-refractivity contribution in [3.63, 3.8) is 0 Å². The number of amides is 2. The zero-order chi connectivity index (χ0) is 18.6. The number of urea groups is 1. The highest BCUT2D eigenvalue weighted by atomic mass is 19.1. The topological polar surface area (TPSA) is 35.6 Å². The van der Waals surface area contributed by atoms with E-state index in [1.807, 2.05) is 4.90 Å². The second kappa shape index (κ2) is 8.09. The fourth-order valence-corrected chi connectivity index (χ4v) is 4.06. The van der Waals surface area contributed by atoms with E-state index >= 15 is 0 Å². The summed E-state index contributed by atoms with van der Waals surface area (Å²) >= 11 is 0. The summed E-state index contributed by atoms with van der Waals surface area (Å²) in [5.74, 6) is 0.467. The first-order valence-electron chi connectivity index (χ1n) is 9.77. The molecule has 2 saturated heterocycles. The van der Waals surface area contributed by atoms with Crippen LogP contribution >= 0.6 is 0 Å². The Labute approximate surface area is 160 Å². The highest BCUT2D eigenvalue weighted by Crippen LogP contribution is 2.26. The number of hydrogen-bond acceptors (Lipinski definition) is 2. The van der Waals surface area contributed by atoms with Gasteiger partial charge < -0.3 is 10.2 Å². The zero-order valence-electron chi connectivity index (χ0n) is 15.5. The normalized spacial score (nSPS) is 18.9. The number of likely N-dealkylation sites (tertiary alicyclic amines) is 2. The number of anilines is 1. The molecule has 0 spiro atoms. The minimum atomic E-state index is -0.298. The fourth-order valence-electron chi connectivity index (χ4n) is 4.06. The van der Waals surface area contributed by atoms with Crippen LogP contribution in [0, 0.1) is 11.7 Å². The SMILES string of the molecule is O=C(Nc1ccc(F)cc1)N1CC(N2CCC(Cc3ccccc3)CC2)C1. The van der Waals surface area contributed by atoms with E-state index in [0.717, 1.165) is 32.1 Å². The first-order chi connectivity index (χ1) is 13.2. The Bertz CT molecular complexity index is 751. The molecule has 2 aromatic carbocycles. The molecule has 4 nitrogen and oxygen atoms in total. The summed E-state index contributed by atoms with van der Waals surface area (Å²) in [5.41, 5.74) is 2.06. The molecule has 2 heterocycles. The summed E-state index contributed by atoms with van der Waals surface area (Å²) in [6.45, 7) is 3.79. The molecule has 2 aliphatic rings. The standard InChI is InChI=1S/C22H26FN3O/c23-19-6-8-20(9-7-19)24-22(27)26-15-21(16-26)25-12-10-18(11-13-25)14-17-4-2-1-3-5-17/h1-9,18,21H,10-16H2,(H,24,27). The van der Waals surface area contributed by atoms with E-state index in [-0.39, 0.29) is 11.8 Å². The van der Waals surface area contributed by atoms with Gasteiger partial charge in [-0.15, -0.1) is 0 Å². The van der Waals surface area contributed by atoms with Gasteiger partial charge in [0, 0.05) is 24.8 Å². The number of carbonyl (C=O) groups is 1. The van der Waals surface area contributed by atoms with Crippen molar-refractivity contribution >= 4 is 11.7 Å². The lowest BCUT2D eigenvalue weighted by molar-refractivity contribution is 0.0383. The fraction of sp³-hybridized carbons (Fsp3) is 0.409. The average Bonchev–Trinajstić information content (AvgIpc) is 2.65. The van der Waals surface area contributed by atoms with Gasteiger partial charge in [0.25, 0.3) is 0 Å². The Morgan fingerprint density at radius 2 is 1.67 bits per heavy atom. The number of carbonyl (C=O) groups excluding carboxylic acids is 1. The van der Waals surface area contributed by atoms with Gasteiger partial charge in [-0.3, -0.25) is 4.90 Å². The van der Waals surface area contributed by atoms with E-state index < -0.39 is 0 Å². The number of rotatable bonds is 4. The van der Waals surface area contributed by atoms with Crippen molar-refractivity contribution in [3.05, 3.63) is 66.0 Å². The molecule has 4 rings (SSSR count). The first kappa shape index (κ1) is 18.0. The number of piperidine rings is 1. The lowest BCUT2D eigenvalue weighted by Crippen LogP contribution is -2.63. The molecule has 0 atom stereocenters. The maximum atomic E-state index is 12.9. The summed E-state index contributed by atoms with van der Waals surface area (Å²) < 4.78 is 12.9. The maximum Gasteiger partial charge on any atom is 0.321 e. The van der Waals surface area contributed by atoms with Crippen LogP contribution in [-0.2, 0) is 6.42 Å². The number of nitrogens with zero attached hydrogens (tertiary/aromatic N) is 2. The second-order valence-corrected chi connectivity index (χ2v) is 7.66. The Hall–Kier alpha value is -2.40. The van der Waals surface area contributed by atoms with Crippen molar-refractivity contribution < 1.29 is 9.18 Å². The van der Waals surface area contributed by atoms with Crippen molar-refractivity contribution in [3.8, 4) is 0 Å². The van der Waals surface area contributed by atoms with Gasteiger partial charge in [-0.25, -0.2) is 9.18 Å². The molecule has 27 heavy (non-hydrogen) atoms. The Kier molecular flexibility index (Phi) is 5.39. The van der Waals surface area contributed by atoms with E-state index in [1.165, 1.54) is 37.0 Å². The highest BCUT2D eigenvalue weighted by Gasteiger charge is 2.36. The zero-order valence-corrected chi connectivity index (χ0v) is 15.5. The van der Waals surface area contributed by atoms with E-state index in [9.17, 15) is 9.18 Å². The summed E-state index contributed by atoms with van der Waals surface area (Å²) in [6.07, 6.45) is 3.63. The van der Waals surface area contributed by atoms with Crippen molar-refractivity contribution in [2.75, 3.05) is 31.5 Å². The largest absolute Gasteiger partial charge is 0.321 e. The van der Waals surface area contributed by atoms with Gasteiger partial charge in [0.15, 0.2) is 0 Å². The summed E-state index contributed by atoms with van der Waals surface area (Å²) in [4.78, 5) is 16.6. The van der Waals surface area contributed by atoms with Gasteiger partial charge >= 0.3 is 6.03 Å². The van der Waals surface area contributed by atoms with Crippen molar-refractivity contribution in [1.82, 2.24) is 9.80 Å². The number of benzene rings is 2. The number of nitrogens with one attached hydrogen (secondary N) is 1. The molecule has 0 aliphatic carbocycles. The number of hydrogen-bond donors (Lipinski definition) is 1. The van der Waals surface area contributed by atoms with Crippen LogP contribution in [-0.4, -0.2) is 48.1 Å². The minimum Gasteiger partial charge on any atom is -0.321 e. The Morgan fingerprint density at radius 3 is 2.33 bits per heavy atom. The van der Waals surface area contributed by atoms with E-state index in [0.29, 0.717) is 11.7 Å². The molecule has 142 valence electrons. The quantitative estimate of drug-likeness (QED) is 0.887. The average molecular weight is 367 g/mol. The van der Waals surface area contributed by atoms with Gasteiger partial charge in [-0.05, 0) is 68.1 Å². The van der Waals surface area contributed by atoms with Crippen molar-refractivity contribution in [2.45, 2.75) is 25.3 Å². The lowest BCUT2D eigenvalue weighted by atomic mass is 9.89. The van der Waals surface area contributed by atoms with Gasteiger partial charge in [-0.1, -0.05) is 30.3 Å². The van der Waals surface area contributed by atoms with Crippen LogP contribution in [0.2, 0.25) is 0 Å². The van der Waals surface area contributed by atoms with Crippen LogP contribution in [0.1, 0.15) is 18.4 Å². The second-order valence-electron chi connectivity index (χ2n) is 7.66. The molecule has 0 saturated carbocycles. The third-order valence-electron chi connectivity index (χ3n) is 5.78. The van der Waals surface area contributed by atoms with Gasteiger partial charge in [0.2, 0.25) is 0 Å². The van der Waals surface area contributed by atoms with Gasteiger partial charge in [-0.2, -0.15) is 0 Å². The monoisotopic (exact) mass is 367 g/mol. The Balaban J connectivity index is 1.19. The predicted molar refractivity (Wildman–Crippen MR) is 105 cm³/mol. The molecule has 1 N–H and O–H groups in total. The van der Waals surface area contributed by atoms with E-state index in [4.69, 9.17) is 0 Å². The van der Waals surface area contributed by atoms with E-state index in [1.54, 1.807) is 12.1 Å². The van der Waals surface area contributed by atoms with Crippen LogP contribution in [0.3, 0.4) is 0 Å². The molecule has 0 bridgehead atoms. The number of halogens is 1. The molecular formula is C22H26FN3O. The van der Waals surface area contributed by atoms with Gasteiger partial charge in [0.1, 0.15) is 5.82 Å². The van der Waals surface area contributed by atoms with Crippen LogP contribution in [0.25, 0.3) is 0 Å². The first-order valence-corrected chi connectivity index (χ1v) is 9.77. The molecular weight excluding hydrogens is 341 g/mol. The third-order valence-corrected chi connectivity index (χ3v) is 5.78. The smallest absolute Gasteiger partial charge is 0.321 e. The molecule has 2 fully saturated rings. The van der Waals surface area contributed by atoms with Crippen LogP contribution < -0.4 is 5.32 Å².